The minimum absolute atomic E-state index is 0.226. The Morgan fingerprint density at radius 3 is 2.46 bits per heavy atom. The molecule has 0 saturated carbocycles. The Morgan fingerprint density at radius 2 is 1.88 bits per heavy atom. The van der Waals surface area contributed by atoms with E-state index in [0.717, 1.165) is 45.4 Å². The van der Waals surface area contributed by atoms with Crippen LogP contribution in [0.2, 0.25) is 0 Å². The van der Waals surface area contributed by atoms with Gasteiger partial charge >= 0.3 is 0 Å². The maximum absolute atomic E-state index is 10.2. The minimum Gasteiger partial charge on any atom is -0.389 e. The number of rotatable bonds is 9. The first-order valence-corrected chi connectivity index (χ1v) is 9.45. The summed E-state index contributed by atoms with van der Waals surface area (Å²) in [5, 5.41) is 20.2. The second-order valence-electron chi connectivity index (χ2n) is 7.08. The molecule has 0 spiro atoms. The van der Waals surface area contributed by atoms with E-state index in [1.54, 1.807) is 7.11 Å². The molecule has 0 aromatic rings. The van der Waals surface area contributed by atoms with Crippen LogP contribution in [-0.2, 0) is 9.57 Å². The van der Waals surface area contributed by atoms with Crippen molar-refractivity contribution in [3.8, 4) is 0 Å². The highest BCUT2D eigenvalue weighted by Crippen LogP contribution is 2.37. The summed E-state index contributed by atoms with van der Waals surface area (Å²) >= 11 is 6.06. The highest BCUT2D eigenvalue weighted by molar-refractivity contribution is 6.65. The molecule has 0 bridgehead atoms. The molecule has 0 amide bonds. The van der Waals surface area contributed by atoms with Crippen LogP contribution in [0.25, 0.3) is 0 Å². The van der Waals surface area contributed by atoms with Crippen LogP contribution in [0.1, 0.15) is 38.5 Å². The smallest absolute Gasteiger partial charge is 0.103 e. The zero-order valence-corrected chi connectivity index (χ0v) is 15.6. The maximum Gasteiger partial charge on any atom is 0.103 e. The molecule has 140 valence electrons. The Bertz CT molecular complexity index is 383. The monoisotopic (exact) mass is 361 g/mol. The van der Waals surface area contributed by atoms with Gasteiger partial charge in [0.25, 0.3) is 0 Å². The molecule has 2 aliphatic rings. The maximum atomic E-state index is 10.2. The van der Waals surface area contributed by atoms with Crippen molar-refractivity contribution in [3.05, 3.63) is 0 Å². The molecule has 24 heavy (non-hydrogen) atoms. The average molecular weight is 362 g/mol. The standard InChI is InChI=1S/C17H32ClN3O3/c1-23-12-7-17(16(18)19)5-10-21(11-6-17)24-14-15(22)13-20-8-3-2-4-9-20/h15,19,22H,2-14H2,1H3. The third kappa shape index (κ3) is 5.93. The molecule has 7 heteroatoms. The lowest BCUT2D eigenvalue weighted by Crippen LogP contribution is -2.45. The molecule has 1 unspecified atom stereocenters. The first-order valence-electron chi connectivity index (χ1n) is 9.07. The van der Waals surface area contributed by atoms with Crippen molar-refractivity contribution in [1.82, 2.24) is 9.96 Å². The number of nitrogens with one attached hydrogen (secondary N) is 1. The molecule has 6 nitrogen and oxygen atoms in total. The van der Waals surface area contributed by atoms with E-state index >= 15 is 0 Å². The molecule has 1 atom stereocenters. The highest BCUT2D eigenvalue weighted by Gasteiger charge is 2.38. The van der Waals surface area contributed by atoms with Crippen LogP contribution in [0.4, 0.5) is 0 Å². The Balaban J connectivity index is 1.69. The SMILES string of the molecule is COCCC1(C(=N)Cl)CCN(OCC(O)CN2CCCCC2)CC1. The summed E-state index contributed by atoms with van der Waals surface area (Å²) in [5.74, 6) is 0. The van der Waals surface area contributed by atoms with E-state index < -0.39 is 6.10 Å². The number of β-amino-alcohol motifs (C(OH)–C–C–N with tert-alkyl or cyclic N) is 1. The van der Waals surface area contributed by atoms with E-state index in [0.29, 0.717) is 19.8 Å². The summed E-state index contributed by atoms with van der Waals surface area (Å²) in [6.45, 7) is 5.27. The van der Waals surface area contributed by atoms with Gasteiger partial charge in [0.05, 0.1) is 12.7 Å². The zero-order valence-electron chi connectivity index (χ0n) is 14.8. The lowest BCUT2D eigenvalue weighted by atomic mass is 9.77. The molecule has 2 heterocycles. The lowest BCUT2D eigenvalue weighted by Gasteiger charge is -2.40. The van der Waals surface area contributed by atoms with Gasteiger partial charge in [-0.25, -0.2) is 0 Å². The number of nitrogens with zero attached hydrogens (tertiary/aromatic N) is 2. The Kier molecular flexibility index (Phi) is 8.40. The lowest BCUT2D eigenvalue weighted by molar-refractivity contribution is -0.196. The number of aliphatic hydroxyl groups is 1. The number of hydrogen-bond acceptors (Lipinski definition) is 6. The quantitative estimate of drug-likeness (QED) is 0.615. The number of aliphatic hydroxyl groups excluding tert-OH is 1. The molecule has 2 saturated heterocycles. The second kappa shape index (κ2) is 10.0. The second-order valence-corrected chi connectivity index (χ2v) is 7.45. The van der Waals surface area contributed by atoms with Crippen molar-refractivity contribution < 1.29 is 14.7 Å². The molecule has 0 aliphatic carbocycles. The summed E-state index contributed by atoms with van der Waals surface area (Å²) < 4.78 is 5.16. The van der Waals surface area contributed by atoms with Gasteiger partial charge in [0.1, 0.15) is 5.17 Å². The molecule has 0 aromatic heterocycles. The molecule has 0 aromatic carbocycles. The topological polar surface area (TPSA) is 69.0 Å². The number of ether oxygens (including phenoxy) is 1. The van der Waals surface area contributed by atoms with E-state index in [-0.39, 0.29) is 10.6 Å². The minimum atomic E-state index is -0.449. The number of likely N-dealkylation sites (tertiary alicyclic amines) is 1. The summed E-state index contributed by atoms with van der Waals surface area (Å²) in [7, 11) is 1.67. The third-order valence-electron chi connectivity index (χ3n) is 5.30. The Hall–Kier alpha value is -0.240. The largest absolute Gasteiger partial charge is 0.389 e. The zero-order chi connectivity index (χ0) is 17.4. The fraction of sp³-hybridized carbons (Fsp3) is 0.941. The normalized spacial score (nSPS) is 24.0. The van der Waals surface area contributed by atoms with Crippen LogP contribution in [-0.4, -0.2) is 79.4 Å². The first-order chi connectivity index (χ1) is 11.6. The Labute approximate surface area is 150 Å². The average Bonchev–Trinajstić information content (AvgIpc) is 2.60. The van der Waals surface area contributed by atoms with Crippen molar-refractivity contribution in [2.24, 2.45) is 5.41 Å². The van der Waals surface area contributed by atoms with Crippen molar-refractivity contribution >= 4 is 16.8 Å². The van der Waals surface area contributed by atoms with E-state index in [4.69, 9.17) is 26.6 Å². The van der Waals surface area contributed by atoms with E-state index in [1.807, 2.05) is 5.06 Å². The van der Waals surface area contributed by atoms with Gasteiger partial charge in [-0.05, 0) is 45.2 Å². The van der Waals surface area contributed by atoms with E-state index in [2.05, 4.69) is 4.90 Å². The van der Waals surface area contributed by atoms with Gasteiger partial charge in [0.15, 0.2) is 0 Å². The number of hydroxylamine groups is 2. The third-order valence-corrected chi connectivity index (χ3v) is 5.70. The summed E-state index contributed by atoms with van der Waals surface area (Å²) in [5.41, 5.74) is -0.274. The molecule has 2 fully saturated rings. The summed E-state index contributed by atoms with van der Waals surface area (Å²) in [6, 6.07) is 0. The molecule has 2 aliphatic heterocycles. The van der Waals surface area contributed by atoms with Gasteiger partial charge in [-0.3, -0.25) is 10.2 Å². The Morgan fingerprint density at radius 1 is 1.21 bits per heavy atom. The fourth-order valence-electron chi connectivity index (χ4n) is 3.60. The van der Waals surface area contributed by atoms with Gasteiger partial charge in [0, 0.05) is 38.8 Å². The molecule has 0 radical (unpaired) electrons. The van der Waals surface area contributed by atoms with Crippen LogP contribution >= 0.6 is 11.6 Å². The van der Waals surface area contributed by atoms with Crippen LogP contribution in [0.3, 0.4) is 0 Å². The highest BCUT2D eigenvalue weighted by atomic mass is 35.5. The number of methoxy groups -OCH3 is 1. The van der Waals surface area contributed by atoms with Gasteiger partial charge in [-0.15, -0.1) is 0 Å². The van der Waals surface area contributed by atoms with Gasteiger partial charge < -0.3 is 14.7 Å². The van der Waals surface area contributed by atoms with E-state index in [1.165, 1.54) is 19.3 Å². The predicted octanol–water partition coefficient (Wildman–Crippen LogP) is 2.10. The van der Waals surface area contributed by atoms with Crippen LogP contribution < -0.4 is 0 Å². The first kappa shape index (κ1) is 20.1. The van der Waals surface area contributed by atoms with Crippen molar-refractivity contribution in [2.45, 2.75) is 44.6 Å². The van der Waals surface area contributed by atoms with Crippen LogP contribution in [0.5, 0.6) is 0 Å². The van der Waals surface area contributed by atoms with Crippen LogP contribution in [0.15, 0.2) is 0 Å². The summed E-state index contributed by atoms with van der Waals surface area (Å²) in [4.78, 5) is 8.09. The van der Waals surface area contributed by atoms with Crippen LogP contribution in [0, 0.1) is 10.8 Å². The number of halogens is 1. The van der Waals surface area contributed by atoms with Crippen molar-refractivity contribution in [2.75, 3.05) is 53.0 Å². The molecule has 2 N–H and O–H groups in total. The van der Waals surface area contributed by atoms with Gasteiger partial charge in [0.2, 0.25) is 0 Å². The van der Waals surface area contributed by atoms with Gasteiger partial charge in [-0.2, -0.15) is 5.06 Å². The summed E-state index contributed by atoms with van der Waals surface area (Å²) in [6.07, 6.45) is 5.67. The number of hydrogen-bond donors (Lipinski definition) is 2. The van der Waals surface area contributed by atoms with E-state index in [9.17, 15) is 5.11 Å². The fourth-order valence-corrected chi connectivity index (χ4v) is 3.89. The molecular formula is C17H32ClN3O3. The molecular weight excluding hydrogens is 330 g/mol. The predicted molar refractivity (Wildman–Crippen MR) is 95.6 cm³/mol. The van der Waals surface area contributed by atoms with Crippen molar-refractivity contribution in [1.29, 1.82) is 5.41 Å². The van der Waals surface area contributed by atoms with Gasteiger partial charge in [-0.1, -0.05) is 18.0 Å². The van der Waals surface area contributed by atoms with Crippen molar-refractivity contribution in [3.63, 3.8) is 0 Å². The molecule has 2 rings (SSSR count). The number of piperidine rings is 2.